The third-order valence-corrected chi connectivity index (χ3v) is 3.60. The minimum absolute atomic E-state index is 0.0279. The van der Waals surface area contributed by atoms with E-state index in [0.29, 0.717) is 6.54 Å². The van der Waals surface area contributed by atoms with E-state index in [2.05, 4.69) is 4.98 Å². The lowest BCUT2D eigenvalue weighted by Crippen LogP contribution is -2.42. The SMILES string of the molecule is CCCC(N)C(=O)N(C)CCc1ncc(C)s1. The van der Waals surface area contributed by atoms with Crippen molar-refractivity contribution in [2.45, 2.75) is 39.2 Å². The summed E-state index contributed by atoms with van der Waals surface area (Å²) in [6.07, 6.45) is 4.36. The van der Waals surface area contributed by atoms with Crippen molar-refractivity contribution in [2.75, 3.05) is 13.6 Å². The highest BCUT2D eigenvalue weighted by atomic mass is 32.1. The van der Waals surface area contributed by atoms with Gasteiger partial charge in [0.15, 0.2) is 0 Å². The second kappa shape index (κ2) is 6.71. The van der Waals surface area contributed by atoms with Crippen LogP contribution in [0, 0.1) is 6.92 Å². The third-order valence-electron chi connectivity index (χ3n) is 2.62. The number of thiazole rings is 1. The summed E-state index contributed by atoms with van der Waals surface area (Å²) in [6.45, 7) is 4.75. The van der Waals surface area contributed by atoms with E-state index in [1.807, 2.05) is 20.0 Å². The minimum atomic E-state index is -0.358. The molecular weight excluding hydrogens is 234 g/mol. The summed E-state index contributed by atoms with van der Waals surface area (Å²) in [6, 6.07) is -0.358. The van der Waals surface area contributed by atoms with Crippen LogP contribution in [0.15, 0.2) is 6.20 Å². The number of aryl methyl sites for hydroxylation is 1. The Kier molecular flexibility index (Phi) is 5.58. The fourth-order valence-corrected chi connectivity index (χ4v) is 2.38. The first-order chi connectivity index (χ1) is 8.04. The molecule has 1 aromatic heterocycles. The summed E-state index contributed by atoms with van der Waals surface area (Å²) in [4.78, 5) is 19.0. The highest BCUT2D eigenvalue weighted by Crippen LogP contribution is 2.12. The zero-order chi connectivity index (χ0) is 12.8. The van der Waals surface area contributed by atoms with Crippen molar-refractivity contribution >= 4 is 17.2 Å². The van der Waals surface area contributed by atoms with E-state index >= 15 is 0 Å². The Morgan fingerprint density at radius 1 is 1.65 bits per heavy atom. The lowest BCUT2D eigenvalue weighted by molar-refractivity contribution is -0.131. The molecule has 5 heteroatoms. The van der Waals surface area contributed by atoms with Gasteiger partial charge in [-0.2, -0.15) is 0 Å². The number of carbonyl (C=O) groups excluding carboxylic acids is 1. The Morgan fingerprint density at radius 3 is 2.88 bits per heavy atom. The zero-order valence-electron chi connectivity index (χ0n) is 10.8. The van der Waals surface area contributed by atoms with Crippen LogP contribution < -0.4 is 5.73 Å². The molecule has 0 aromatic carbocycles. The van der Waals surface area contributed by atoms with E-state index in [0.717, 1.165) is 24.3 Å². The minimum Gasteiger partial charge on any atom is -0.344 e. The number of rotatable bonds is 6. The number of aromatic nitrogens is 1. The highest BCUT2D eigenvalue weighted by Gasteiger charge is 2.16. The van der Waals surface area contributed by atoms with Crippen molar-refractivity contribution in [3.63, 3.8) is 0 Å². The van der Waals surface area contributed by atoms with E-state index in [9.17, 15) is 4.79 Å². The van der Waals surface area contributed by atoms with Crippen LogP contribution in [0.2, 0.25) is 0 Å². The molecule has 4 nitrogen and oxygen atoms in total. The Balaban J connectivity index is 2.38. The second-order valence-electron chi connectivity index (χ2n) is 4.27. The molecular formula is C12H21N3OS. The van der Waals surface area contributed by atoms with Crippen LogP contribution in [0.4, 0.5) is 0 Å². The molecule has 0 radical (unpaired) electrons. The highest BCUT2D eigenvalue weighted by molar-refractivity contribution is 7.11. The number of hydrogen-bond donors (Lipinski definition) is 1. The molecule has 0 fully saturated rings. The normalized spacial score (nSPS) is 12.5. The maximum Gasteiger partial charge on any atom is 0.239 e. The van der Waals surface area contributed by atoms with Gasteiger partial charge in [0.25, 0.3) is 0 Å². The van der Waals surface area contributed by atoms with Crippen molar-refractivity contribution in [1.29, 1.82) is 0 Å². The first-order valence-electron chi connectivity index (χ1n) is 5.96. The molecule has 1 amide bonds. The Hall–Kier alpha value is -0.940. The van der Waals surface area contributed by atoms with E-state index in [4.69, 9.17) is 5.73 Å². The van der Waals surface area contributed by atoms with Gasteiger partial charge in [-0.3, -0.25) is 4.79 Å². The van der Waals surface area contributed by atoms with Crippen LogP contribution in [0.3, 0.4) is 0 Å². The number of nitrogens with two attached hydrogens (primary N) is 1. The molecule has 0 aliphatic heterocycles. The fraction of sp³-hybridized carbons (Fsp3) is 0.667. The first kappa shape index (κ1) is 14.1. The molecule has 0 aliphatic rings. The topological polar surface area (TPSA) is 59.2 Å². The molecule has 1 heterocycles. The fourth-order valence-electron chi connectivity index (χ4n) is 1.61. The van der Waals surface area contributed by atoms with E-state index < -0.39 is 0 Å². The van der Waals surface area contributed by atoms with Gasteiger partial charge in [-0.25, -0.2) is 4.98 Å². The summed E-state index contributed by atoms with van der Waals surface area (Å²) in [7, 11) is 1.80. The summed E-state index contributed by atoms with van der Waals surface area (Å²) in [5, 5.41) is 1.08. The second-order valence-corrected chi connectivity index (χ2v) is 5.59. The largest absolute Gasteiger partial charge is 0.344 e. The summed E-state index contributed by atoms with van der Waals surface area (Å²) in [5.74, 6) is 0.0279. The molecule has 0 spiro atoms. The monoisotopic (exact) mass is 255 g/mol. The molecule has 0 bridgehead atoms. The smallest absolute Gasteiger partial charge is 0.239 e. The predicted octanol–water partition coefficient (Wildman–Crippen LogP) is 1.58. The molecule has 2 N–H and O–H groups in total. The van der Waals surface area contributed by atoms with Gasteiger partial charge in [0.2, 0.25) is 5.91 Å². The van der Waals surface area contributed by atoms with Gasteiger partial charge in [0.05, 0.1) is 11.0 Å². The maximum atomic E-state index is 11.8. The summed E-state index contributed by atoms with van der Waals surface area (Å²) >= 11 is 1.68. The van der Waals surface area contributed by atoms with Gasteiger partial charge >= 0.3 is 0 Å². The van der Waals surface area contributed by atoms with Crippen LogP contribution in [-0.2, 0) is 11.2 Å². The van der Waals surface area contributed by atoms with E-state index in [-0.39, 0.29) is 11.9 Å². The average molecular weight is 255 g/mol. The molecule has 1 atom stereocenters. The van der Waals surface area contributed by atoms with Gasteiger partial charge < -0.3 is 10.6 Å². The third kappa shape index (κ3) is 4.44. The number of likely N-dealkylation sites (N-methyl/N-ethyl adjacent to an activating group) is 1. The lowest BCUT2D eigenvalue weighted by atomic mass is 10.1. The van der Waals surface area contributed by atoms with Crippen molar-refractivity contribution in [2.24, 2.45) is 5.73 Å². The number of nitrogens with zero attached hydrogens (tertiary/aromatic N) is 2. The van der Waals surface area contributed by atoms with Crippen LogP contribution in [0.1, 0.15) is 29.7 Å². The average Bonchev–Trinajstić information content (AvgIpc) is 2.71. The van der Waals surface area contributed by atoms with Gasteiger partial charge in [-0.15, -0.1) is 11.3 Å². The zero-order valence-corrected chi connectivity index (χ0v) is 11.6. The number of hydrogen-bond acceptors (Lipinski definition) is 4. The molecule has 0 saturated carbocycles. The maximum absolute atomic E-state index is 11.8. The quantitative estimate of drug-likeness (QED) is 0.839. The lowest BCUT2D eigenvalue weighted by Gasteiger charge is -2.20. The van der Waals surface area contributed by atoms with Crippen molar-refractivity contribution in [3.05, 3.63) is 16.1 Å². The molecule has 0 saturated heterocycles. The molecule has 96 valence electrons. The predicted molar refractivity (Wildman–Crippen MR) is 71.1 cm³/mol. The Bertz CT molecular complexity index is 364. The van der Waals surface area contributed by atoms with Crippen LogP contribution >= 0.6 is 11.3 Å². The van der Waals surface area contributed by atoms with Gasteiger partial charge in [0, 0.05) is 31.1 Å². The Morgan fingerprint density at radius 2 is 2.35 bits per heavy atom. The molecule has 0 aliphatic carbocycles. The molecule has 17 heavy (non-hydrogen) atoms. The van der Waals surface area contributed by atoms with Crippen molar-refractivity contribution in [3.8, 4) is 0 Å². The van der Waals surface area contributed by atoms with E-state index in [1.165, 1.54) is 4.88 Å². The van der Waals surface area contributed by atoms with Crippen molar-refractivity contribution < 1.29 is 4.79 Å². The summed E-state index contributed by atoms with van der Waals surface area (Å²) in [5.41, 5.74) is 5.80. The Labute approximate surface area is 107 Å². The van der Waals surface area contributed by atoms with Gasteiger partial charge in [-0.05, 0) is 13.3 Å². The standard InChI is InChI=1S/C12H21N3OS/c1-4-5-10(13)12(16)15(3)7-6-11-14-8-9(2)17-11/h8,10H,4-7,13H2,1-3H3. The van der Waals surface area contributed by atoms with Crippen molar-refractivity contribution in [1.82, 2.24) is 9.88 Å². The molecule has 1 aromatic rings. The van der Waals surface area contributed by atoms with Crippen LogP contribution in [0.25, 0.3) is 0 Å². The van der Waals surface area contributed by atoms with E-state index in [1.54, 1.807) is 23.3 Å². The first-order valence-corrected chi connectivity index (χ1v) is 6.78. The van der Waals surface area contributed by atoms with Gasteiger partial charge in [-0.1, -0.05) is 13.3 Å². The van der Waals surface area contributed by atoms with Crippen LogP contribution in [0.5, 0.6) is 0 Å². The molecule has 1 unspecified atom stereocenters. The molecule has 1 rings (SSSR count). The number of amides is 1. The number of carbonyl (C=O) groups is 1. The van der Waals surface area contributed by atoms with Crippen LogP contribution in [-0.4, -0.2) is 35.4 Å². The van der Waals surface area contributed by atoms with Gasteiger partial charge in [0.1, 0.15) is 0 Å². The summed E-state index contributed by atoms with van der Waals surface area (Å²) < 4.78 is 0.